The van der Waals surface area contributed by atoms with Crippen LogP contribution in [0.4, 0.5) is 5.13 Å². The minimum atomic E-state index is -0.151. The number of nitrogens with zero attached hydrogens (tertiary/aromatic N) is 2. The summed E-state index contributed by atoms with van der Waals surface area (Å²) in [6.07, 6.45) is 2.53. The van der Waals surface area contributed by atoms with E-state index >= 15 is 0 Å². The van der Waals surface area contributed by atoms with Crippen LogP contribution in [0, 0.1) is 0 Å². The van der Waals surface area contributed by atoms with Crippen LogP contribution in [0.1, 0.15) is 23.2 Å². The molecule has 1 saturated heterocycles. The van der Waals surface area contributed by atoms with Crippen LogP contribution < -0.4 is 5.32 Å². The summed E-state index contributed by atoms with van der Waals surface area (Å²) in [5, 5.41) is 10.8. The van der Waals surface area contributed by atoms with E-state index in [9.17, 15) is 4.79 Å². The molecule has 1 aromatic heterocycles. The molecule has 7 heteroatoms. The largest absolute Gasteiger partial charge is 0.377 e. The third kappa shape index (κ3) is 3.81. The number of carbonyl (C=O) groups excluding carboxylic acids is 1. The summed E-state index contributed by atoms with van der Waals surface area (Å²) in [5.74, 6) is 0.727. The number of hydrogen-bond donors (Lipinski definition) is 1. The zero-order valence-corrected chi connectivity index (χ0v) is 13.0. The molecule has 1 N–H and O–H groups in total. The van der Waals surface area contributed by atoms with Crippen LogP contribution >= 0.6 is 23.1 Å². The maximum atomic E-state index is 12.3. The monoisotopic (exact) mass is 321 g/mol. The van der Waals surface area contributed by atoms with Gasteiger partial charge in [-0.25, -0.2) is 0 Å². The average molecular weight is 321 g/mol. The number of carbonyl (C=O) groups is 1. The number of amides is 1. The lowest BCUT2D eigenvalue weighted by atomic mass is 10.2. The van der Waals surface area contributed by atoms with Gasteiger partial charge in [0.2, 0.25) is 5.13 Å². The predicted molar refractivity (Wildman–Crippen MR) is 84.0 cm³/mol. The van der Waals surface area contributed by atoms with Gasteiger partial charge in [0, 0.05) is 17.3 Å². The SMILES string of the molecule is O=C(Nc1nncs1)c1ccccc1SCC1CCCO1. The average Bonchev–Trinajstić information content (AvgIpc) is 3.18. The molecule has 0 radical (unpaired) electrons. The van der Waals surface area contributed by atoms with Crippen molar-refractivity contribution in [3.63, 3.8) is 0 Å². The quantitative estimate of drug-likeness (QED) is 0.858. The number of anilines is 1. The number of hydrogen-bond acceptors (Lipinski definition) is 6. The Morgan fingerprint density at radius 3 is 3.14 bits per heavy atom. The molecule has 0 spiro atoms. The van der Waals surface area contributed by atoms with E-state index in [1.165, 1.54) is 11.3 Å². The summed E-state index contributed by atoms with van der Waals surface area (Å²) in [4.78, 5) is 13.3. The predicted octanol–water partition coefficient (Wildman–Crippen LogP) is 3.06. The Morgan fingerprint density at radius 2 is 2.38 bits per heavy atom. The van der Waals surface area contributed by atoms with Crippen LogP contribution in [0.2, 0.25) is 0 Å². The summed E-state index contributed by atoms with van der Waals surface area (Å²) in [6.45, 7) is 0.852. The van der Waals surface area contributed by atoms with E-state index in [0.717, 1.165) is 30.1 Å². The van der Waals surface area contributed by atoms with Crippen molar-refractivity contribution in [2.45, 2.75) is 23.8 Å². The molecule has 1 aliphatic rings. The van der Waals surface area contributed by atoms with Crippen molar-refractivity contribution in [3.05, 3.63) is 35.3 Å². The third-order valence-corrected chi connectivity index (χ3v) is 4.97. The van der Waals surface area contributed by atoms with Crippen molar-refractivity contribution in [2.75, 3.05) is 17.7 Å². The maximum Gasteiger partial charge on any atom is 0.258 e. The summed E-state index contributed by atoms with van der Waals surface area (Å²) < 4.78 is 5.62. The van der Waals surface area contributed by atoms with Crippen LogP contribution in [0.3, 0.4) is 0 Å². The van der Waals surface area contributed by atoms with Crippen molar-refractivity contribution in [1.29, 1.82) is 0 Å². The highest BCUT2D eigenvalue weighted by Gasteiger charge is 2.18. The summed E-state index contributed by atoms with van der Waals surface area (Å²) in [7, 11) is 0. The first-order valence-corrected chi connectivity index (χ1v) is 8.60. The number of benzene rings is 1. The van der Waals surface area contributed by atoms with Gasteiger partial charge in [-0.3, -0.25) is 10.1 Å². The molecule has 1 unspecified atom stereocenters. The topological polar surface area (TPSA) is 64.1 Å². The van der Waals surface area contributed by atoms with Gasteiger partial charge in [0.25, 0.3) is 5.91 Å². The highest BCUT2D eigenvalue weighted by Crippen LogP contribution is 2.27. The van der Waals surface area contributed by atoms with Gasteiger partial charge in [-0.1, -0.05) is 23.5 Å². The lowest BCUT2D eigenvalue weighted by Gasteiger charge is -2.11. The van der Waals surface area contributed by atoms with E-state index < -0.39 is 0 Å². The van der Waals surface area contributed by atoms with Crippen molar-refractivity contribution < 1.29 is 9.53 Å². The van der Waals surface area contributed by atoms with Crippen LogP contribution in [-0.2, 0) is 4.74 Å². The number of ether oxygens (including phenoxy) is 1. The van der Waals surface area contributed by atoms with Gasteiger partial charge in [0.15, 0.2) is 0 Å². The number of rotatable bonds is 5. The molecule has 1 aromatic carbocycles. The lowest BCUT2D eigenvalue weighted by molar-refractivity contribution is 0.102. The van der Waals surface area contributed by atoms with Gasteiger partial charge in [0.05, 0.1) is 11.7 Å². The highest BCUT2D eigenvalue weighted by molar-refractivity contribution is 7.99. The van der Waals surface area contributed by atoms with Crippen LogP contribution in [-0.4, -0.2) is 34.6 Å². The third-order valence-electron chi connectivity index (χ3n) is 3.16. The fourth-order valence-corrected chi connectivity index (χ4v) is 3.69. The van der Waals surface area contributed by atoms with E-state index in [0.29, 0.717) is 16.8 Å². The minimum Gasteiger partial charge on any atom is -0.377 e. The van der Waals surface area contributed by atoms with Gasteiger partial charge in [-0.15, -0.1) is 22.0 Å². The Balaban J connectivity index is 1.67. The molecular formula is C14H15N3O2S2. The van der Waals surface area contributed by atoms with E-state index in [1.807, 2.05) is 24.3 Å². The second-order valence-electron chi connectivity index (χ2n) is 4.64. The van der Waals surface area contributed by atoms with Crippen LogP contribution in [0.5, 0.6) is 0 Å². The number of thioether (sulfide) groups is 1. The minimum absolute atomic E-state index is 0.151. The van der Waals surface area contributed by atoms with Crippen LogP contribution in [0.15, 0.2) is 34.7 Å². The molecule has 21 heavy (non-hydrogen) atoms. The molecule has 110 valence electrons. The van der Waals surface area contributed by atoms with E-state index in [2.05, 4.69) is 15.5 Å². The van der Waals surface area contributed by atoms with Crippen molar-refractivity contribution in [1.82, 2.24) is 10.2 Å². The van der Waals surface area contributed by atoms with Gasteiger partial charge in [-0.05, 0) is 25.0 Å². The first kappa shape index (κ1) is 14.5. The van der Waals surface area contributed by atoms with Gasteiger partial charge in [-0.2, -0.15) is 0 Å². The Bertz CT molecular complexity index is 598. The first-order chi connectivity index (χ1) is 10.3. The molecule has 1 atom stereocenters. The zero-order valence-electron chi connectivity index (χ0n) is 11.3. The summed E-state index contributed by atoms with van der Waals surface area (Å²) >= 11 is 2.97. The molecule has 5 nitrogen and oxygen atoms in total. The van der Waals surface area contributed by atoms with E-state index in [1.54, 1.807) is 17.3 Å². The molecule has 0 bridgehead atoms. The Hall–Kier alpha value is -1.44. The van der Waals surface area contributed by atoms with Gasteiger partial charge >= 0.3 is 0 Å². The van der Waals surface area contributed by atoms with Crippen molar-refractivity contribution >= 4 is 34.1 Å². The fraction of sp³-hybridized carbons (Fsp3) is 0.357. The molecule has 1 aliphatic heterocycles. The van der Waals surface area contributed by atoms with Gasteiger partial charge < -0.3 is 4.74 Å². The summed E-state index contributed by atoms with van der Waals surface area (Å²) in [6, 6.07) is 7.60. The zero-order chi connectivity index (χ0) is 14.5. The van der Waals surface area contributed by atoms with E-state index in [4.69, 9.17) is 4.74 Å². The molecule has 0 saturated carbocycles. The number of aromatic nitrogens is 2. The normalized spacial score (nSPS) is 17.8. The molecule has 0 aliphatic carbocycles. The molecule has 1 amide bonds. The van der Waals surface area contributed by atoms with Crippen molar-refractivity contribution in [2.24, 2.45) is 0 Å². The molecule has 1 fully saturated rings. The van der Waals surface area contributed by atoms with E-state index in [-0.39, 0.29) is 5.91 Å². The van der Waals surface area contributed by atoms with Gasteiger partial charge in [0.1, 0.15) is 5.51 Å². The Morgan fingerprint density at radius 1 is 1.48 bits per heavy atom. The second-order valence-corrected chi connectivity index (χ2v) is 6.54. The Labute approximate surface area is 131 Å². The Kier molecular flexibility index (Phi) is 4.84. The standard InChI is InChI=1S/C14H15N3O2S2/c18-13(16-14-17-15-9-21-14)11-5-1-2-6-12(11)20-8-10-4-3-7-19-10/h1-2,5-6,9-10H,3-4,7-8H2,(H,16,17,18). The molecule has 3 rings (SSSR count). The lowest BCUT2D eigenvalue weighted by Crippen LogP contribution is -2.14. The molecule has 2 heterocycles. The molecular weight excluding hydrogens is 306 g/mol. The number of nitrogens with one attached hydrogen (secondary N) is 1. The van der Waals surface area contributed by atoms with Crippen LogP contribution in [0.25, 0.3) is 0 Å². The maximum absolute atomic E-state index is 12.3. The fourth-order valence-electron chi connectivity index (χ4n) is 2.13. The second kappa shape index (κ2) is 7.02. The first-order valence-electron chi connectivity index (χ1n) is 6.74. The molecule has 2 aromatic rings. The summed E-state index contributed by atoms with van der Waals surface area (Å²) in [5.41, 5.74) is 2.25. The van der Waals surface area contributed by atoms with Crippen molar-refractivity contribution in [3.8, 4) is 0 Å². The highest BCUT2D eigenvalue weighted by atomic mass is 32.2. The smallest absolute Gasteiger partial charge is 0.258 e.